The Balaban J connectivity index is 0.00000240. The van der Waals surface area contributed by atoms with Crippen molar-refractivity contribution >= 4 is 51.2 Å². The summed E-state index contributed by atoms with van der Waals surface area (Å²) in [7, 11) is 0. The van der Waals surface area contributed by atoms with Crippen molar-refractivity contribution in [3.63, 3.8) is 0 Å². The van der Waals surface area contributed by atoms with E-state index >= 15 is 0 Å². The molecule has 0 saturated carbocycles. The molecule has 0 fully saturated rings. The minimum absolute atomic E-state index is 0. The fourth-order valence-electron chi connectivity index (χ4n) is 3.74. The number of fused-ring (bicyclic) bond motifs is 1. The van der Waals surface area contributed by atoms with Gasteiger partial charge >= 0.3 is 0 Å². The normalized spacial score (nSPS) is 10.9. The average Bonchev–Trinajstić information content (AvgIpc) is 2.99. The molecule has 1 heterocycles. The highest BCUT2D eigenvalue weighted by atomic mass is 79.9. The maximum absolute atomic E-state index is 6.08. The van der Waals surface area contributed by atoms with E-state index < -0.39 is 0 Å². The smallest absolute Gasteiger partial charge is 0.223 e. The van der Waals surface area contributed by atoms with Crippen molar-refractivity contribution in [2.45, 2.75) is 32.9 Å². The largest absolute Gasteiger partial charge is 0.257 e. The molecule has 0 aliphatic heterocycles. The quantitative estimate of drug-likeness (QED) is 0.261. The summed E-state index contributed by atoms with van der Waals surface area (Å²) in [5.74, 6) is 1.34. The summed E-state index contributed by atoms with van der Waals surface area (Å²) in [4.78, 5) is 0. The SMILES string of the molecule is Br.CCCc1n(Cc2ccc(Cl)cc2)c2ccccc2[n+]1Cc1ccc(Cl)cc1. The van der Waals surface area contributed by atoms with Crippen LogP contribution in [0.3, 0.4) is 0 Å². The van der Waals surface area contributed by atoms with Gasteiger partial charge in [-0.25, -0.2) is 9.13 Å². The number of benzene rings is 3. The Kier molecular flexibility index (Phi) is 7.39. The Bertz CT molecular complexity index is 1000. The molecule has 3 aromatic carbocycles. The van der Waals surface area contributed by atoms with Gasteiger partial charge in [-0.1, -0.05) is 66.5 Å². The van der Waals surface area contributed by atoms with Gasteiger partial charge in [0, 0.05) is 16.5 Å². The Morgan fingerprint density at radius 3 is 2.00 bits per heavy atom. The van der Waals surface area contributed by atoms with Gasteiger partial charge in [-0.3, -0.25) is 0 Å². The molecule has 4 aromatic rings. The molecule has 0 spiro atoms. The summed E-state index contributed by atoms with van der Waals surface area (Å²) in [6.45, 7) is 3.90. The first-order valence-corrected chi connectivity index (χ1v) is 10.4. The third kappa shape index (κ3) is 4.85. The van der Waals surface area contributed by atoms with E-state index in [-0.39, 0.29) is 17.0 Å². The third-order valence-electron chi connectivity index (χ3n) is 5.07. The van der Waals surface area contributed by atoms with Crippen molar-refractivity contribution in [3.8, 4) is 0 Å². The van der Waals surface area contributed by atoms with Crippen LogP contribution in [-0.2, 0) is 19.5 Å². The van der Waals surface area contributed by atoms with E-state index in [4.69, 9.17) is 23.2 Å². The predicted octanol–water partition coefficient (Wildman–Crippen LogP) is 6.86. The van der Waals surface area contributed by atoms with Gasteiger partial charge in [0.1, 0.15) is 13.1 Å². The van der Waals surface area contributed by atoms with Crippen molar-refractivity contribution in [1.29, 1.82) is 0 Å². The number of halogens is 3. The summed E-state index contributed by atoms with van der Waals surface area (Å²) in [6, 6.07) is 24.9. The lowest BCUT2D eigenvalue weighted by Crippen LogP contribution is -2.38. The van der Waals surface area contributed by atoms with Crippen LogP contribution in [0.2, 0.25) is 10.0 Å². The number of para-hydroxylation sites is 2. The average molecular weight is 491 g/mol. The lowest BCUT2D eigenvalue weighted by atomic mass is 10.2. The Hall–Kier alpha value is -1.81. The zero-order valence-electron chi connectivity index (χ0n) is 16.3. The minimum atomic E-state index is 0. The zero-order valence-corrected chi connectivity index (χ0v) is 19.5. The molecule has 0 aliphatic rings. The second-order valence-corrected chi connectivity index (χ2v) is 7.95. The molecule has 5 heteroatoms. The topological polar surface area (TPSA) is 8.81 Å². The van der Waals surface area contributed by atoms with E-state index in [1.54, 1.807) is 0 Å². The Labute approximate surface area is 192 Å². The van der Waals surface area contributed by atoms with E-state index in [0.29, 0.717) is 0 Å². The number of hydrogen-bond donors (Lipinski definition) is 0. The summed E-state index contributed by atoms with van der Waals surface area (Å²) in [5.41, 5.74) is 5.02. The third-order valence-corrected chi connectivity index (χ3v) is 5.57. The molecule has 0 bridgehead atoms. The highest BCUT2D eigenvalue weighted by Crippen LogP contribution is 2.20. The first-order chi connectivity index (χ1) is 13.7. The Morgan fingerprint density at radius 2 is 1.38 bits per heavy atom. The van der Waals surface area contributed by atoms with Crippen molar-refractivity contribution in [1.82, 2.24) is 4.57 Å². The lowest BCUT2D eigenvalue weighted by molar-refractivity contribution is -0.671. The zero-order chi connectivity index (χ0) is 19.5. The van der Waals surface area contributed by atoms with Gasteiger partial charge in [-0.2, -0.15) is 0 Å². The number of imidazole rings is 1. The standard InChI is InChI=1S/C24H23Cl2N2.BrH/c1-2-5-24-27(16-18-8-12-20(25)13-9-18)22-6-3-4-7-23(22)28(24)17-19-10-14-21(26)15-11-19;/h3-4,6-15H,2,5,16-17H2,1H3;1H/q+1;. The van der Waals surface area contributed by atoms with Crippen LogP contribution in [0.5, 0.6) is 0 Å². The molecular formula is C24H24BrCl2N2+. The van der Waals surface area contributed by atoms with Gasteiger partial charge in [0.25, 0.3) is 5.82 Å². The van der Waals surface area contributed by atoms with E-state index in [1.165, 1.54) is 28.0 Å². The van der Waals surface area contributed by atoms with Crippen LogP contribution >= 0.6 is 40.2 Å². The number of aromatic nitrogens is 2. The molecule has 0 amide bonds. The molecule has 0 saturated heterocycles. The van der Waals surface area contributed by atoms with Crippen LogP contribution in [0.25, 0.3) is 11.0 Å². The number of nitrogens with zero attached hydrogens (tertiary/aromatic N) is 2. The highest BCUT2D eigenvalue weighted by molar-refractivity contribution is 8.93. The van der Waals surface area contributed by atoms with E-state index in [9.17, 15) is 0 Å². The van der Waals surface area contributed by atoms with Crippen molar-refractivity contribution in [2.75, 3.05) is 0 Å². The molecule has 0 atom stereocenters. The van der Waals surface area contributed by atoms with Crippen molar-refractivity contribution < 1.29 is 4.57 Å². The molecular weight excluding hydrogens is 467 g/mol. The summed E-state index contributed by atoms with van der Waals surface area (Å²) in [6.07, 6.45) is 2.12. The summed E-state index contributed by atoms with van der Waals surface area (Å²) < 4.78 is 4.88. The summed E-state index contributed by atoms with van der Waals surface area (Å²) >= 11 is 12.2. The fraction of sp³-hybridized carbons (Fsp3) is 0.208. The molecule has 2 nitrogen and oxygen atoms in total. The number of rotatable bonds is 6. The maximum Gasteiger partial charge on any atom is 0.257 e. The van der Waals surface area contributed by atoms with Crippen LogP contribution in [0.4, 0.5) is 0 Å². The predicted molar refractivity (Wildman–Crippen MR) is 128 cm³/mol. The van der Waals surface area contributed by atoms with Crippen molar-refractivity contribution in [3.05, 3.63) is 99.8 Å². The van der Waals surface area contributed by atoms with Crippen LogP contribution < -0.4 is 4.57 Å². The second-order valence-electron chi connectivity index (χ2n) is 7.08. The van der Waals surface area contributed by atoms with Crippen LogP contribution in [-0.4, -0.2) is 4.57 Å². The molecule has 0 aliphatic carbocycles. The monoisotopic (exact) mass is 489 g/mol. The number of hydrogen-bond acceptors (Lipinski definition) is 0. The van der Waals surface area contributed by atoms with Gasteiger partial charge in [0.05, 0.1) is 0 Å². The van der Waals surface area contributed by atoms with Crippen LogP contribution in [0.1, 0.15) is 30.3 Å². The lowest BCUT2D eigenvalue weighted by Gasteiger charge is -2.06. The van der Waals surface area contributed by atoms with E-state index in [1.807, 2.05) is 24.3 Å². The second kappa shape index (κ2) is 9.80. The van der Waals surface area contributed by atoms with Gasteiger partial charge in [-0.15, -0.1) is 17.0 Å². The molecule has 29 heavy (non-hydrogen) atoms. The van der Waals surface area contributed by atoms with Crippen LogP contribution in [0, 0.1) is 0 Å². The molecule has 1 aromatic heterocycles. The van der Waals surface area contributed by atoms with Crippen molar-refractivity contribution in [2.24, 2.45) is 0 Å². The van der Waals surface area contributed by atoms with Gasteiger partial charge in [-0.05, 0) is 53.9 Å². The first kappa shape index (κ1) is 21.9. The molecule has 4 rings (SSSR count). The minimum Gasteiger partial charge on any atom is -0.223 e. The van der Waals surface area contributed by atoms with E-state index in [0.717, 1.165) is 36.0 Å². The fourth-order valence-corrected chi connectivity index (χ4v) is 3.99. The Morgan fingerprint density at radius 1 is 0.793 bits per heavy atom. The molecule has 0 radical (unpaired) electrons. The summed E-state index contributed by atoms with van der Waals surface area (Å²) in [5, 5.41) is 1.54. The highest BCUT2D eigenvalue weighted by Gasteiger charge is 2.24. The van der Waals surface area contributed by atoms with E-state index in [2.05, 4.69) is 64.6 Å². The molecule has 150 valence electrons. The molecule has 0 unspecified atom stereocenters. The van der Waals surface area contributed by atoms with Crippen LogP contribution in [0.15, 0.2) is 72.8 Å². The van der Waals surface area contributed by atoms with Gasteiger partial charge < -0.3 is 0 Å². The van der Waals surface area contributed by atoms with Gasteiger partial charge in [0.15, 0.2) is 11.0 Å². The first-order valence-electron chi connectivity index (χ1n) is 9.64. The maximum atomic E-state index is 6.08. The molecule has 0 N–H and O–H groups in total. The van der Waals surface area contributed by atoms with Gasteiger partial charge in [0.2, 0.25) is 0 Å².